The van der Waals surface area contributed by atoms with Crippen LogP contribution in [0.4, 0.5) is 0 Å². The standard InChI is InChI=1S/C14H21O6PS/c1-4-18-14(15)13-12(21(16,19-5-2)20-6-3)11-8-17-7-10(11)9-22-13/h7-8,12-13H,4-6,9H2,1-3H3. The van der Waals surface area contributed by atoms with Gasteiger partial charge in [0.1, 0.15) is 10.9 Å². The average molecular weight is 348 g/mol. The van der Waals surface area contributed by atoms with Crippen LogP contribution in [0.15, 0.2) is 16.9 Å². The molecule has 0 radical (unpaired) electrons. The van der Waals surface area contributed by atoms with Crippen molar-refractivity contribution in [2.75, 3.05) is 19.8 Å². The summed E-state index contributed by atoms with van der Waals surface area (Å²) in [6.07, 6.45) is 3.13. The van der Waals surface area contributed by atoms with E-state index in [0.29, 0.717) is 11.3 Å². The van der Waals surface area contributed by atoms with Crippen molar-refractivity contribution in [1.29, 1.82) is 0 Å². The Hall–Kier alpha value is -0.750. The number of esters is 1. The minimum atomic E-state index is -3.51. The molecule has 1 aliphatic heterocycles. The molecule has 2 heterocycles. The predicted molar refractivity (Wildman–Crippen MR) is 84.0 cm³/mol. The van der Waals surface area contributed by atoms with Crippen LogP contribution in [-0.2, 0) is 28.9 Å². The van der Waals surface area contributed by atoms with Crippen molar-refractivity contribution in [3.8, 4) is 0 Å². The molecule has 0 fully saturated rings. The summed E-state index contributed by atoms with van der Waals surface area (Å²) in [4.78, 5) is 12.3. The first-order chi connectivity index (χ1) is 10.6. The molecule has 0 aromatic carbocycles. The number of furan rings is 1. The zero-order valence-corrected chi connectivity index (χ0v) is 14.7. The lowest BCUT2D eigenvalue weighted by Gasteiger charge is -2.33. The second kappa shape index (κ2) is 7.68. The Labute approximate surface area is 134 Å². The van der Waals surface area contributed by atoms with E-state index in [1.165, 1.54) is 18.0 Å². The second-order valence-corrected chi connectivity index (χ2v) is 7.94. The Balaban J connectivity index is 2.44. The van der Waals surface area contributed by atoms with Crippen LogP contribution in [0.3, 0.4) is 0 Å². The Morgan fingerprint density at radius 1 is 1.27 bits per heavy atom. The summed E-state index contributed by atoms with van der Waals surface area (Å²) in [6, 6.07) is 0. The molecule has 0 saturated heterocycles. The van der Waals surface area contributed by atoms with Gasteiger partial charge in [-0.2, -0.15) is 0 Å². The number of fused-ring (bicyclic) bond motifs is 1. The fourth-order valence-corrected chi connectivity index (χ4v) is 6.43. The summed E-state index contributed by atoms with van der Waals surface area (Å²) in [5, 5.41) is -0.631. The van der Waals surface area contributed by atoms with Crippen LogP contribution in [0.5, 0.6) is 0 Å². The fourth-order valence-electron chi connectivity index (χ4n) is 2.46. The molecule has 2 rings (SSSR count). The van der Waals surface area contributed by atoms with Crippen molar-refractivity contribution in [3.63, 3.8) is 0 Å². The van der Waals surface area contributed by atoms with Gasteiger partial charge in [0.15, 0.2) is 0 Å². The van der Waals surface area contributed by atoms with Crippen molar-refractivity contribution in [2.24, 2.45) is 0 Å². The lowest BCUT2D eigenvalue weighted by Crippen LogP contribution is -2.31. The SMILES string of the molecule is CCOC(=O)C1SCc2cocc2C1P(=O)(OCC)OCC. The van der Waals surface area contributed by atoms with Gasteiger partial charge < -0.3 is 18.2 Å². The van der Waals surface area contributed by atoms with Crippen LogP contribution in [0.1, 0.15) is 37.6 Å². The summed E-state index contributed by atoms with van der Waals surface area (Å²) in [5.74, 6) is 0.202. The van der Waals surface area contributed by atoms with E-state index in [1.807, 2.05) is 0 Å². The van der Waals surface area contributed by atoms with Crippen molar-refractivity contribution < 1.29 is 27.6 Å². The van der Waals surface area contributed by atoms with Crippen molar-refractivity contribution in [3.05, 3.63) is 23.7 Å². The molecule has 1 aromatic heterocycles. The van der Waals surface area contributed by atoms with Crippen LogP contribution in [0, 0.1) is 0 Å². The molecule has 2 unspecified atom stereocenters. The normalized spacial score (nSPS) is 21.4. The molecule has 0 amide bonds. The number of carbonyl (C=O) groups is 1. The minimum Gasteiger partial charge on any atom is -0.472 e. The zero-order chi connectivity index (χ0) is 16.2. The van der Waals surface area contributed by atoms with Gasteiger partial charge in [0.25, 0.3) is 0 Å². The molecule has 0 bridgehead atoms. The van der Waals surface area contributed by atoms with Gasteiger partial charge in [0, 0.05) is 16.9 Å². The molecule has 6 nitrogen and oxygen atoms in total. The third-order valence-electron chi connectivity index (χ3n) is 3.28. The monoisotopic (exact) mass is 348 g/mol. The first-order valence-corrected chi connectivity index (χ1v) is 9.95. The maximum absolute atomic E-state index is 13.2. The highest BCUT2D eigenvalue weighted by atomic mass is 32.2. The molecular formula is C14H21O6PS. The molecule has 0 aliphatic carbocycles. The highest BCUT2D eigenvalue weighted by Gasteiger charge is 2.50. The molecule has 0 spiro atoms. The van der Waals surface area contributed by atoms with E-state index in [-0.39, 0.29) is 19.8 Å². The van der Waals surface area contributed by atoms with E-state index in [4.69, 9.17) is 18.2 Å². The van der Waals surface area contributed by atoms with E-state index < -0.39 is 24.5 Å². The Morgan fingerprint density at radius 3 is 2.55 bits per heavy atom. The average Bonchev–Trinajstić information content (AvgIpc) is 2.95. The third kappa shape index (κ3) is 3.43. The molecule has 22 heavy (non-hydrogen) atoms. The minimum absolute atomic E-state index is 0.237. The van der Waals surface area contributed by atoms with Crippen molar-refractivity contribution in [1.82, 2.24) is 0 Å². The van der Waals surface area contributed by atoms with Crippen LogP contribution >= 0.6 is 19.4 Å². The molecule has 1 aliphatic rings. The number of hydrogen-bond acceptors (Lipinski definition) is 7. The molecule has 0 saturated carbocycles. The highest BCUT2D eigenvalue weighted by Crippen LogP contribution is 2.66. The number of rotatable bonds is 7. The molecule has 0 N–H and O–H groups in total. The van der Waals surface area contributed by atoms with Crippen LogP contribution < -0.4 is 0 Å². The van der Waals surface area contributed by atoms with Gasteiger partial charge in [-0.25, -0.2) is 0 Å². The predicted octanol–water partition coefficient (Wildman–Crippen LogP) is 3.77. The summed E-state index contributed by atoms with van der Waals surface area (Å²) in [7, 11) is -3.51. The maximum Gasteiger partial charge on any atom is 0.339 e. The summed E-state index contributed by atoms with van der Waals surface area (Å²) in [6.45, 7) is 5.99. The summed E-state index contributed by atoms with van der Waals surface area (Å²) >= 11 is 1.38. The second-order valence-electron chi connectivity index (χ2n) is 4.66. The van der Waals surface area contributed by atoms with Crippen LogP contribution in [0.25, 0.3) is 0 Å². The van der Waals surface area contributed by atoms with Gasteiger partial charge in [-0.3, -0.25) is 9.36 Å². The first-order valence-electron chi connectivity index (χ1n) is 7.29. The summed E-state index contributed by atoms with van der Waals surface area (Å²) in [5.41, 5.74) is 0.913. The van der Waals surface area contributed by atoms with Crippen LogP contribution in [0.2, 0.25) is 0 Å². The Kier molecular flexibility index (Phi) is 6.15. The van der Waals surface area contributed by atoms with Crippen LogP contribution in [-0.4, -0.2) is 31.0 Å². The smallest absolute Gasteiger partial charge is 0.339 e. The van der Waals surface area contributed by atoms with E-state index >= 15 is 0 Å². The quantitative estimate of drug-likeness (QED) is 0.548. The van der Waals surface area contributed by atoms with E-state index in [2.05, 4.69) is 0 Å². The molecule has 8 heteroatoms. The number of thioether (sulfide) groups is 1. The van der Waals surface area contributed by atoms with Gasteiger partial charge in [0.2, 0.25) is 0 Å². The van der Waals surface area contributed by atoms with Crippen molar-refractivity contribution in [2.45, 2.75) is 37.4 Å². The highest BCUT2D eigenvalue weighted by molar-refractivity contribution is 8.00. The van der Waals surface area contributed by atoms with Gasteiger partial charge in [0.05, 0.1) is 32.3 Å². The van der Waals surface area contributed by atoms with Gasteiger partial charge in [-0.1, -0.05) is 0 Å². The largest absolute Gasteiger partial charge is 0.472 e. The molecule has 1 aromatic rings. The molecule has 2 atom stereocenters. The molecule has 124 valence electrons. The lowest BCUT2D eigenvalue weighted by atomic mass is 10.1. The number of carbonyl (C=O) groups excluding carboxylic acids is 1. The fraction of sp³-hybridized carbons (Fsp3) is 0.643. The van der Waals surface area contributed by atoms with Gasteiger partial charge in [-0.15, -0.1) is 11.8 Å². The number of ether oxygens (including phenoxy) is 1. The van der Waals surface area contributed by atoms with Gasteiger partial charge in [-0.05, 0) is 20.8 Å². The maximum atomic E-state index is 13.2. The Morgan fingerprint density at radius 2 is 1.95 bits per heavy atom. The topological polar surface area (TPSA) is 75.0 Å². The lowest BCUT2D eigenvalue weighted by molar-refractivity contribution is -0.142. The van der Waals surface area contributed by atoms with E-state index in [1.54, 1.807) is 27.0 Å². The Bertz CT molecular complexity index is 547. The molecular weight excluding hydrogens is 327 g/mol. The van der Waals surface area contributed by atoms with Gasteiger partial charge >= 0.3 is 13.6 Å². The third-order valence-corrected chi connectivity index (χ3v) is 7.27. The van der Waals surface area contributed by atoms with E-state index in [9.17, 15) is 9.36 Å². The summed E-state index contributed by atoms with van der Waals surface area (Å²) < 4.78 is 34.5. The van der Waals surface area contributed by atoms with Crippen molar-refractivity contribution >= 4 is 25.3 Å². The first kappa shape index (κ1) is 17.6. The zero-order valence-electron chi connectivity index (χ0n) is 12.9. The number of hydrogen-bond donors (Lipinski definition) is 0. The van der Waals surface area contributed by atoms with E-state index in [0.717, 1.165) is 5.56 Å².